The lowest BCUT2D eigenvalue weighted by Gasteiger charge is -2.33. The Labute approximate surface area is 186 Å². The first-order valence-corrected chi connectivity index (χ1v) is 11.2. The molecular weight excluding hydrogens is 394 g/mol. The zero-order valence-electron chi connectivity index (χ0n) is 20.1. The Morgan fingerprint density at radius 1 is 1.10 bits per heavy atom. The molecule has 1 aromatic carbocycles. The molecular formula is C24H39N3O4. The van der Waals surface area contributed by atoms with Crippen molar-refractivity contribution < 1.29 is 19.1 Å². The van der Waals surface area contributed by atoms with Crippen LogP contribution in [0.3, 0.4) is 0 Å². The van der Waals surface area contributed by atoms with Gasteiger partial charge in [-0.3, -0.25) is 4.90 Å². The summed E-state index contributed by atoms with van der Waals surface area (Å²) in [7, 11) is 0. The summed E-state index contributed by atoms with van der Waals surface area (Å²) in [6, 6.07) is 6.25. The first kappa shape index (κ1) is 25.0. The molecule has 0 aliphatic carbocycles. The molecule has 7 heteroatoms. The highest BCUT2D eigenvalue weighted by Gasteiger charge is 2.29. The molecule has 2 amide bonds. The van der Waals surface area contributed by atoms with E-state index >= 15 is 0 Å². The molecule has 0 bridgehead atoms. The van der Waals surface area contributed by atoms with Crippen molar-refractivity contribution in [3.05, 3.63) is 29.3 Å². The SMILES string of the molecule is CCC(CNC(=O)OC(C)(C)C)NCc1cccc2c1N(C(=O)OC(C)(C)C)CCC2. The number of aryl methyl sites for hydroxylation is 1. The fourth-order valence-corrected chi connectivity index (χ4v) is 3.51. The van der Waals surface area contributed by atoms with Crippen LogP contribution in [0, 0.1) is 0 Å². The topological polar surface area (TPSA) is 79.9 Å². The number of nitrogens with one attached hydrogen (secondary N) is 2. The second-order valence-corrected chi connectivity index (χ2v) is 10.0. The predicted octanol–water partition coefficient (Wildman–Crippen LogP) is 4.77. The summed E-state index contributed by atoms with van der Waals surface area (Å²) in [5, 5.41) is 6.35. The van der Waals surface area contributed by atoms with Crippen molar-refractivity contribution in [3.8, 4) is 0 Å². The Bertz CT molecular complexity index is 765. The number of alkyl carbamates (subject to hydrolysis) is 1. The molecule has 31 heavy (non-hydrogen) atoms. The Kier molecular flexibility index (Phi) is 8.34. The van der Waals surface area contributed by atoms with E-state index in [1.807, 2.05) is 53.7 Å². The maximum atomic E-state index is 12.8. The fraction of sp³-hybridized carbons (Fsp3) is 0.667. The number of anilines is 1. The second-order valence-electron chi connectivity index (χ2n) is 10.0. The molecule has 0 fully saturated rings. The molecule has 0 aromatic heterocycles. The van der Waals surface area contributed by atoms with E-state index in [4.69, 9.17) is 9.47 Å². The van der Waals surface area contributed by atoms with Gasteiger partial charge in [0.15, 0.2) is 0 Å². The van der Waals surface area contributed by atoms with Crippen LogP contribution in [0.2, 0.25) is 0 Å². The fourth-order valence-electron chi connectivity index (χ4n) is 3.51. The third kappa shape index (κ3) is 8.05. The predicted molar refractivity (Wildman–Crippen MR) is 123 cm³/mol. The van der Waals surface area contributed by atoms with E-state index in [-0.39, 0.29) is 12.1 Å². The van der Waals surface area contributed by atoms with Crippen molar-refractivity contribution in [3.63, 3.8) is 0 Å². The van der Waals surface area contributed by atoms with Gasteiger partial charge in [0.1, 0.15) is 11.2 Å². The third-order valence-corrected chi connectivity index (χ3v) is 4.88. The molecule has 0 radical (unpaired) electrons. The minimum atomic E-state index is -0.539. The Morgan fingerprint density at radius 2 is 1.77 bits per heavy atom. The first-order valence-electron chi connectivity index (χ1n) is 11.2. The first-order chi connectivity index (χ1) is 14.4. The zero-order valence-corrected chi connectivity index (χ0v) is 20.1. The number of ether oxygens (including phenoxy) is 2. The number of fused-ring (bicyclic) bond motifs is 1. The van der Waals surface area contributed by atoms with Gasteiger partial charge in [0, 0.05) is 25.7 Å². The van der Waals surface area contributed by atoms with Crippen LogP contribution in [0.4, 0.5) is 15.3 Å². The summed E-state index contributed by atoms with van der Waals surface area (Å²) in [5.41, 5.74) is 2.11. The molecule has 2 rings (SSSR count). The lowest BCUT2D eigenvalue weighted by molar-refractivity contribution is 0.0519. The van der Waals surface area contributed by atoms with Crippen LogP contribution in [0.25, 0.3) is 0 Å². The number of nitrogens with zero attached hydrogens (tertiary/aromatic N) is 1. The quantitative estimate of drug-likeness (QED) is 0.676. The smallest absolute Gasteiger partial charge is 0.414 e. The summed E-state index contributed by atoms with van der Waals surface area (Å²) in [6.07, 6.45) is 1.99. The Morgan fingerprint density at radius 3 is 2.39 bits per heavy atom. The number of hydrogen-bond donors (Lipinski definition) is 2. The highest BCUT2D eigenvalue weighted by Crippen LogP contribution is 2.32. The van der Waals surface area contributed by atoms with Gasteiger partial charge in [0.05, 0.1) is 5.69 Å². The Balaban J connectivity index is 2.07. The number of para-hydroxylation sites is 1. The average Bonchev–Trinajstić information content (AvgIpc) is 2.64. The van der Waals surface area contributed by atoms with Crippen LogP contribution >= 0.6 is 0 Å². The molecule has 174 valence electrons. The summed E-state index contributed by atoms with van der Waals surface area (Å²) < 4.78 is 11.0. The molecule has 1 aliphatic heterocycles. The van der Waals surface area contributed by atoms with Gasteiger partial charge >= 0.3 is 12.2 Å². The minimum Gasteiger partial charge on any atom is -0.444 e. The van der Waals surface area contributed by atoms with Gasteiger partial charge in [-0.25, -0.2) is 9.59 Å². The molecule has 0 saturated carbocycles. The summed E-state index contributed by atoms with van der Waals surface area (Å²) in [6.45, 7) is 15.0. The number of benzene rings is 1. The zero-order chi connectivity index (χ0) is 23.2. The molecule has 7 nitrogen and oxygen atoms in total. The van der Waals surface area contributed by atoms with Crippen molar-refractivity contribution in [2.75, 3.05) is 18.0 Å². The highest BCUT2D eigenvalue weighted by molar-refractivity contribution is 5.90. The number of amides is 2. The van der Waals surface area contributed by atoms with Crippen LogP contribution < -0.4 is 15.5 Å². The van der Waals surface area contributed by atoms with Crippen LogP contribution in [-0.4, -0.2) is 42.5 Å². The minimum absolute atomic E-state index is 0.0851. The van der Waals surface area contributed by atoms with Gasteiger partial charge < -0.3 is 20.1 Å². The van der Waals surface area contributed by atoms with Crippen molar-refractivity contribution in [1.82, 2.24) is 10.6 Å². The standard InChI is InChI=1S/C24H39N3O4/c1-8-19(16-26-21(28)30-23(2,3)4)25-15-18-12-9-11-17-13-10-14-27(20(17)18)22(29)31-24(5,6)7/h9,11-12,19,25H,8,10,13-16H2,1-7H3,(H,26,28). The molecule has 1 unspecified atom stereocenters. The van der Waals surface area contributed by atoms with Gasteiger partial charge in [-0.05, 0) is 71.9 Å². The van der Waals surface area contributed by atoms with Gasteiger partial charge in [-0.15, -0.1) is 0 Å². The van der Waals surface area contributed by atoms with E-state index in [0.29, 0.717) is 19.6 Å². The van der Waals surface area contributed by atoms with Crippen molar-refractivity contribution in [2.24, 2.45) is 0 Å². The molecule has 1 aliphatic rings. The van der Waals surface area contributed by atoms with E-state index in [9.17, 15) is 9.59 Å². The molecule has 1 atom stereocenters. The molecule has 2 N–H and O–H groups in total. The van der Waals surface area contributed by atoms with Gasteiger partial charge in [-0.1, -0.05) is 25.1 Å². The van der Waals surface area contributed by atoms with Crippen molar-refractivity contribution >= 4 is 17.9 Å². The van der Waals surface area contributed by atoms with E-state index in [2.05, 4.69) is 23.6 Å². The lowest BCUT2D eigenvalue weighted by atomic mass is 9.97. The number of carbonyl (C=O) groups is 2. The van der Waals surface area contributed by atoms with Crippen LogP contribution in [0.15, 0.2) is 18.2 Å². The van der Waals surface area contributed by atoms with Crippen LogP contribution in [0.5, 0.6) is 0 Å². The monoisotopic (exact) mass is 433 g/mol. The van der Waals surface area contributed by atoms with E-state index in [1.54, 1.807) is 4.90 Å². The summed E-state index contributed by atoms with van der Waals surface area (Å²) in [4.78, 5) is 26.6. The summed E-state index contributed by atoms with van der Waals surface area (Å²) >= 11 is 0. The molecule has 0 saturated heterocycles. The van der Waals surface area contributed by atoms with Crippen LogP contribution in [0.1, 0.15) is 72.4 Å². The number of rotatable bonds is 6. The van der Waals surface area contributed by atoms with E-state index in [1.165, 1.54) is 0 Å². The van der Waals surface area contributed by atoms with Crippen molar-refractivity contribution in [1.29, 1.82) is 0 Å². The van der Waals surface area contributed by atoms with Gasteiger partial charge in [0.25, 0.3) is 0 Å². The van der Waals surface area contributed by atoms with Crippen LogP contribution in [-0.2, 0) is 22.4 Å². The largest absolute Gasteiger partial charge is 0.444 e. The summed E-state index contributed by atoms with van der Waals surface area (Å²) in [5.74, 6) is 0. The third-order valence-electron chi connectivity index (χ3n) is 4.88. The highest BCUT2D eigenvalue weighted by atomic mass is 16.6. The lowest BCUT2D eigenvalue weighted by Crippen LogP contribution is -2.43. The molecule has 1 heterocycles. The van der Waals surface area contributed by atoms with E-state index < -0.39 is 17.3 Å². The maximum absolute atomic E-state index is 12.8. The number of carbonyl (C=O) groups excluding carboxylic acids is 2. The maximum Gasteiger partial charge on any atom is 0.414 e. The van der Waals surface area contributed by atoms with Gasteiger partial charge in [-0.2, -0.15) is 0 Å². The van der Waals surface area contributed by atoms with Crippen molar-refractivity contribution in [2.45, 2.75) is 91.5 Å². The molecule has 0 spiro atoms. The normalized spacial score (nSPS) is 15.1. The molecule has 1 aromatic rings. The second kappa shape index (κ2) is 10.4. The number of hydrogen-bond acceptors (Lipinski definition) is 5. The van der Waals surface area contributed by atoms with Gasteiger partial charge in [0.2, 0.25) is 0 Å². The Hall–Kier alpha value is -2.28. The average molecular weight is 434 g/mol. The van der Waals surface area contributed by atoms with E-state index in [0.717, 1.165) is 36.1 Å².